The number of hydrogen-bond acceptors (Lipinski definition) is 4. The predicted molar refractivity (Wildman–Crippen MR) is 66.2 cm³/mol. The van der Waals surface area contributed by atoms with Crippen molar-refractivity contribution in [3.05, 3.63) is 47.5 Å². The van der Waals surface area contributed by atoms with Gasteiger partial charge in [-0.1, -0.05) is 42.1 Å². The first-order valence-electron chi connectivity index (χ1n) is 5.10. The molecule has 0 saturated carbocycles. The van der Waals surface area contributed by atoms with Gasteiger partial charge in [0.1, 0.15) is 6.07 Å². The van der Waals surface area contributed by atoms with E-state index >= 15 is 0 Å². The maximum absolute atomic E-state index is 9.18. The zero-order valence-corrected chi connectivity index (χ0v) is 9.79. The van der Waals surface area contributed by atoms with E-state index in [-0.39, 0.29) is 6.04 Å². The molecule has 0 radical (unpaired) electrons. The third-order valence-electron chi connectivity index (χ3n) is 2.48. The molecule has 0 aromatic heterocycles. The second-order valence-corrected chi connectivity index (χ2v) is 4.75. The fraction of sp³-hybridized carbons (Fsp3) is 0.250. The minimum Gasteiger partial charge on any atom is -0.352 e. The van der Waals surface area contributed by atoms with Crippen LogP contribution in [-0.2, 0) is 0 Å². The monoisotopic (exact) mass is 231 g/mol. The second kappa shape index (κ2) is 4.60. The van der Waals surface area contributed by atoms with Crippen LogP contribution in [0.5, 0.6) is 0 Å². The minimum atomic E-state index is -0.727. The summed E-state index contributed by atoms with van der Waals surface area (Å²) < 4.78 is 0. The molecule has 0 amide bonds. The zero-order valence-electron chi connectivity index (χ0n) is 8.97. The summed E-state index contributed by atoms with van der Waals surface area (Å²) in [5.74, 6) is 0. The van der Waals surface area contributed by atoms with E-state index < -0.39 is 4.99 Å². The van der Waals surface area contributed by atoms with Crippen LogP contribution >= 0.6 is 11.8 Å². The van der Waals surface area contributed by atoms with Gasteiger partial charge >= 0.3 is 0 Å². The molecular formula is C12H13N3S. The fourth-order valence-corrected chi connectivity index (χ4v) is 2.39. The molecule has 4 heteroatoms. The molecule has 1 aromatic rings. The molecule has 1 aromatic carbocycles. The minimum absolute atomic E-state index is 0.126. The van der Waals surface area contributed by atoms with Gasteiger partial charge in [0, 0.05) is 12.2 Å². The van der Waals surface area contributed by atoms with E-state index in [1.54, 1.807) is 6.20 Å². The Hall–Kier alpha value is -1.44. The van der Waals surface area contributed by atoms with Crippen LogP contribution in [-0.4, -0.2) is 4.99 Å². The normalized spacial score (nSPS) is 24.8. The van der Waals surface area contributed by atoms with Crippen LogP contribution in [0.2, 0.25) is 0 Å². The van der Waals surface area contributed by atoms with Gasteiger partial charge in [0.15, 0.2) is 0 Å². The van der Waals surface area contributed by atoms with Crippen LogP contribution < -0.4 is 10.6 Å². The lowest BCUT2D eigenvalue weighted by atomic mass is 10.1. The molecule has 16 heavy (non-hydrogen) atoms. The van der Waals surface area contributed by atoms with Crippen molar-refractivity contribution in [3.63, 3.8) is 0 Å². The maximum Gasteiger partial charge on any atom is 0.231 e. The fourth-order valence-electron chi connectivity index (χ4n) is 1.62. The largest absolute Gasteiger partial charge is 0.352 e. The first-order chi connectivity index (χ1) is 7.76. The lowest BCUT2D eigenvalue weighted by Gasteiger charge is -2.26. The molecule has 0 fully saturated rings. The summed E-state index contributed by atoms with van der Waals surface area (Å²) in [7, 11) is 0. The van der Waals surface area contributed by atoms with Crippen molar-refractivity contribution >= 4 is 11.8 Å². The predicted octanol–water partition coefficient (Wildman–Crippen LogP) is 2.32. The van der Waals surface area contributed by atoms with Gasteiger partial charge < -0.3 is 5.32 Å². The summed E-state index contributed by atoms with van der Waals surface area (Å²) >= 11 is 1.45. The van der Waals surface area contributed by atoms with Gasteiger partial charge in [-0.25, -0.2) is 0 Å². The average Bonchev–Trinajstić information content (AvgIpc) is 2.79. The van der Waals surface area contributed by atoms with E-state index in [4.69, 9.17) is 0 Å². The van der Waals surface area contributed by atoms with Gasteiger partial charge in [-0.05, 0) is 17.9 Å². The standard InChI is InChI=1S/C12H13N3S/c1-10(11-5-3-2-4-6-11)15-12(9-13)14-7-8-16-12/h2-8,10,14-15H,1H3. The third kappa shape index (κ3) is 2.21. The van der Waals surface area contributed by atoms with Gasteiger partial charge in [-0.15, -0.1) is 0 Å². The molecule has 0 saturated heterocycles. The highest BCUT2D eigenvalue weighted by molar-refractivity contribution is 8.03. The summed E-state index contributed by atoms with van der Waals surface area (Å²) in [6.45, 7) is 2.05. The van der Waals surface area contributed by atoms with Crippen molar-refractivity contribution in [1.29, 1.82) is 5.26 Å². The molecule has 0 bridgehead atoms. The molecule has 2 atom stereocenters. The van der Waals surface area contributed by atoms with Crippen molar-refractivity contribution < 1.29 is 0 Å². The van der Waals surface area contributed by atoms with Crippen molar-refractivity contribution in [3.8, 4) is 6.07 Å². The Bertz CT molecular complexity index is 414. The van der Waals surface area contributed by atoms with E-state index in [1.165, 1.54) is 17.3 Å². The van der Waals surface area contributed by atoms with Gasteiger partial charge in [-0.2, -0.15) is 5.26 Å². The highest BCUT2D eigenvalue weighted by Crippen LogP contribution is 2.28. The van der Waals surface area contributed by atoms with Crippen molar-refractivity contribution in [2.45, 2.75) is 18.0 Å². The number of nitrogens with one attached hydrogen (secondary N) is 2. The number of rotatable bonds is 3. The molecule has 2 N–H and O–H groups in total. The lowest BCUT2D eigenvalue weighted by molar-refractivity contribution is 0.458. The van der Waals surface area contributed by atoms with Crippen LogP contribution in [0.3, 0.4) is 0 Å². The third-order valence-corrected chi connectivity index (χ3v) is 3.43. The topological polar surface area (TPSA) is 47.9 Å². The number of thioether (sulfide) groups is 1. The molecule has 82 valence electrons. The van der Waals surface area contributed by atoms with Gasteiger partial charge in [0.2, 0.25) is 4.99 Å². The highest BCUT2D eigenvalue weighted by Gasteiger charge is 2.33. The lowest BCUT2D eigenvalue weighted by Crippen LogP contribution is -2.49. The van der Waals surface area contributed by atoms with Gasteiger partial charge in [-0.3, -0.25) is 5.32 Å². The van der Waals surface area contributed by atoms with E-state index in [9.17, 15) is 5.26 Å². The van der Waals surface area contributed by atoms with Crippen LogP contribution in [0, 0.1) is 11.3 Å². The van der Waals surface area contributed by atoms with E-state index in [1.807, 2.05) is 23.6 Å². The Labute approximate surface area is 99.5 Å². The van der Waals surface area contributed by atoms with Crippen LogP contribution in [0.1, 0.15) is 18.5 Å². The number of benzene rings is 1. The second-order valence-electron chi connectivity index (χ2n) is 3.63. The summed E-state index contributed by atoms with van der Waals surface area (Å²) in [6.07, 6.45) is 1.79. The summed E-state index contributed by atoms with van der Waals surface area (Å²) in [4.78, 5) is -0.727. The Morgan fingerprint density at radius 1 is 1.44 bits per heavy atom. The Kier molecular flexibility index (Phi) is 3.18. The smallest absolute Gasteiger partial charge is 0.231 e. The highest BCUT2D eigenvalue weighted by atomic mass is 32.2. The molecule has 3 nitrogen and oxygen atoms in total. The number of nitriles is 1. The first-order valence-corrected chi connectivity index (χ1v) is 5.98. The van der Waals surface area contributed by atoms with Crippen molar-refractivity contribution in [1.82, 2.24) is 10.6 Å². The molecule has 2 rings (SSSR count). The quantitative estimate of drug-likeness (QED) is 0.838. The maximum atomic E-state index is 9.18. The summed E-state index contributed by atoms with van der Waals surface area (Å²) in [6, 6.07) is 12.5. The number of nitrogens with zero attached hydrogens (tertiary/aromatic N) is 1. The SMILES string of the molecule is CC(NC1(C#N)NC=CS1)c1ccccc1. The Morgan fingerprint density at radius 3 is 2.75 bits per heavy atom. The van der Waals surface area contributed by atoms with E-state index in [0.29, 0.717) is 0 Å². The molecule has 1 aliphatic rings. The Morgan fingerprint density at radius 2 is 2.19 bits per heavy atom. The average molecular weight is 231 g/mol. The van der Waals surface area contributed by atoms with Crippen LogP contribution in [0.15, 0.2) is 41.9 Å². The summed E-state index contributed by atoms with van der Waals surface area (Å²) in [5.41, 5.74) is 1.17. The zero-order chi connectivity index (χ0) is 11.4. The molecule has 2 unspecified atom stereocenters. The molecule has 0 aliphatic carbocycles. The number of hydrogen-bond donors (Lipinski definition) is 2. The molecule has 1 heterocycles. The first kappa shape index (κ1) is 11.1. The van der Waals surface area contributed by atoms with Gasteiger partial charge in [0.05, 0.1) is 0 Å². The molecule has 0 spiro atoms. The Balaban J connectivity index is 2.08. The van der Waals surface area contributed by atoms with E-state index in [2.05, 4.69) is 35.8 Å². The van der Waals surface area contributed by atoms with Crippen LogP contribution in [0.4, 0.5) is 0 Å². The summed E-state index contributed by atoms with van der Waals surface area (Å²) in [5, 5.41) is 17.4. The van der Waals surface area contributed by atoms with Crippen LogP contribution in [0.25, 0.3) is 0 Å². The van der Waals surface area contributed by atoms with Gasteiger partial charge in [0.25, 0.3) is 0 Å². The molecular weight excluding hydrogens is 218 g/mol. The molecule has 1 aliphatic heterocycles. The van der Waals surface area contributed by atoms with Crippen molar-refractivity contribution in [2.24, 2.45) is 0 Å². The van der Waals surface area contributed by atoms with E-state index in [0.717, 1.165) is 0 Å². The van der Waals surface area contributed by atoms with Crippen molar-refractivity contribution in [2.75, 3.05) is 0 Å².